The molecule has 1 heterocycles. The fourth-order valence-corrected chi connectivity index (χ4v) is 4.56. The SMILES string of the molecule is N#Cc1ccc(S(=O)(=O)N2CCN(Cc3cccc(OCC(F)(F)F)c3)CC2)cc1. The first kappa shape index (κ1) is 22.1. The van der Waals surface area contributed by atoms with Crippen molar-refractivity contribution >= 4 is 10.0 Å². The molecule has 1 saturated heterocycles. The molecule has 6 nitrogen and oxygen atoms in total. The van der Waals surface area contributed by atoms with Gasteiger partial charge < -0.3 is 4.74 Å². The summed E-state index contributed by atoms with van der Waals surface area (Å²) in [6.45, 7) is 0.710. The zero-order valence-electron chi connectivity index (χ0n) is 16.0. The van der Waals surface area contributed by atoms with Crippen molar-refractivity contribution in [2.75, 3.05) is 32.8 Å². The van der Waals surface area contributed by atoms with Crippen LogP contribution in [0.15, 0.2) is 53.4 Å². The average Bonchev–Trinajstić information content (AvgIpc) is 2.72. The highest BCUT2D eigenvalue weighted by Gasteiger charge is 2.29. The highest BCUT2D eigenvalue weighted by Crippen LogP contribution is 2.22. The maximum absolute atomic E-state index is 12.8. The molecular weight excluding hydrogens is 419 g/mol. The van der Waals surface area contributed by atoms with E-state index in [1.807, 2.05) is 11.0 Å². The van der Waals surface area contributed by atoms with Crippen LogP contribution in [0.4, 0.5) is 13.2 Å². The molecular formula is C20H20F3N3O3S. The van der Waals surface area contributed by atoms with E-state index in [1.54, 1.807) is 18.2 Å². The monoisotopic (exact) mass is 439 g/mol. The van der Waals surface area contributed by atoms with Gasteiger partial charge in [-0.1, -0.05) is 12.1 Å². The third kappa shape index (κ3) is 5.72. The van der Waals surface area contributed by atoms with Crippen LogP contribution in [0.3, 0.4) is 0 Å². The first-order valence-corrected chi connectivity index (χ1v) is 10.6. The maximum atomic E-state index is 12.8. The highest BCUT2D eigenvalue weighted by molar-refractivity contribution is 7.89. The lowest BCUT2D eigenvalue weighted by Gasteiger charge is -2.34. The van der Waals surface area contributed by atoms with Gasteiger partial charge in [0.05, 0.1) is 16.5 Å². The molecule has 2 aromatic carbocycles. The number of hydrogen-bond acceptors (Lipinski definition) is 5. The lowest BCUT2D eigenvalue weighted by Crippen LogP contribution is -2.48. The van der Waals surface area contributed by atoms with E-state index >= 15 is 0 Å². The van der Waals surface area contributed by atoms with Crippen molar-refractivity contribution in [1.82, 2.24) is 9.21 Å². The lowest BCUT2D eigenvalue weighted by molar-refractivity contribution is -0.153. The van der Waals surface area contributed by atoms with Gasteiger partial charge in [0.25, 0.3) is 0 Å². The first-order chi connectivity index (χ1) is 14.2. The van der Waals surface area contributed by atoms with Crippen molar-refractivity contribution in [3.63, 3.8) is 0 Å². The molecule has 2 aromatic rings. The first-order valence-electron chi connectivity index (χ1n) is 9.18. The lowest BCUT2D eigenvalue weighted by atomic mass is 10.2. The van der Waals surface area contributed by atoms with Crippen LogP contribution in [0, 0.1) is 11.3 Å². The molecule has 30 heavy (non-hydrogen) atoms. The van der Waals surface area contributed by atoms with Gasteiger partial charge in [-0.25, -0.2) is 8.42 Å². The predicted octanol–water partition coefficient (Wildman–Crippen LogP) is 3.01. The number of hydrogen-bond donors (Lipinski definition) is 0. The molecule has 10 heteroatoms. The standard InChI is InChI=1S/C20H20F3N3O3S/c21-20(22,23)15-29-18-3-1-2-17(12-18)14-25-8-10-26(11-9-25)30(27,28)19-6-4-16(13-24)5-7-19/h1-7,12H,8-11,14-15H2. The van der Waals surface area contributed by atoms with Gasteiger partial charge in [-0.2, -0.15) is 22.7 Å². The molecule has 0 unspecified atom stereocenters. The van der Waals surface area contributed by atoms with E-state index in [-0.39, 0.29) is 10.6 Å². The van der Waals surface area contributed by atoms with Gasteiger partial charge >= 0.3 is 6.18 Å². The maximum Gasteiger partial charge on any atom is 0.422 e. The fourth-order valence-electron chi connectivity index (χ4n) is 3.14. The van der Waals surface area contributed by atoms with E-state index in [4.69, 9.17) is 10.00 Å². The summed E-state index contributed by atoms with van der Waals surface area (Å²) in [4.78, 5) is 2.18. The Hall–Kier alpha value is -2.61. The Bertz CT molecular complexity index is 1010. The molecule has 0 saturated carbocycles. The normalized spacial score (nSPS) is 16.2. The minimum atomic E-state index is -4.40. The largest absolute Gasteiger partial charge is 0.484 e. The topological polar surface area (TPSA) is 73.6 Å². The molecule has 0 atom stereocenters. The van der Waals surface area contributed by atoms with Gasteiger partial charge in [0.1, 0.15) is 5.75 Å². The van der Waals surface area contributed by atoms with Crippen LogP contribution in [-0.4, -0.2) is 56.6 Å². The summed E-state index contributed by atoms with van der Waals surface area (Å²) in [6, 6.07) is 14.2. The van der Waals surface area contributed by atoms with Crippen LogP contribution < -0.4 is 4.74 Å². The van der Waals surface area contributed by atoms with Gasteiger partial charge in [0, 0.05) is 32.7 Å². The molecule has 0 aliphatic carbocycles. The Morgan fingerprint density at radius 3 is 2.30 bits per heavy atom. The number of ether oxygens (including phenoxy) is 1. The Balaban J connectivity index is 1.57. The smallest absolute Gasteiger partial charge is 0.422 e. The van der Waals surface area contributed by atoms with Crippen LogP contribution in [0.2, 0.25) is 0 Å². The van der Waals surface area contributed by atoms with Crippen molar-refractivity contribution in [1.29, 1.82) is 5.26 Å². The summed E-state index contributed by atoms with van der Waals surface area (Å²) in [6.07, 6.45) is -4.40. The third-order valence-corrected chi connectivity index (χ3v) is 6.57. The Morgan fingerprint density at radius 1 is 1.03 bits per heavy atom. The van der Waals surface area contributed by atoms with E-state index in [0.717, 1.165) is 5.56 Å². The third-order valence-electron chi connectivity index (χ3n) is 4.66. The quantitative estimate of drug-likeness (QED) is 0.692. The van der Waals surface area contributed by atoms with Crippen LogP contribution in [0.25, 0.3) is 0 Å². The number of nitriles is 1. The molecule has 0 amide bonds. The van der Waals surface area contributed by atoms with Crippen LogP contribution in [0.5, 0.6) is 5.75 Å². The zero-order chi connectivity index (χ0) is 21.8. The number of sulfonamides is 1. The molecule has 0 bridgehead atoms. The molecule has 3 rings (SSSR count). The Morgan fingerprint density at radius 2 is 1.70 bits per heavy atom. The molecule has 0 N–H and O–H groups in total. The fraction of sp³-hybridized carbons (Fsp3) is 0.350. The van der Waals surface area contributed by atoms with E-state index in [2.05, 4.69) is 0 Å². The van der Waals surface area contributed by atoms with Gasteiger partial charge in [-0.3, -0.25) is 4.90 Å². The van der Waals surface area contributed by atoms with Crippen molar-refractivity contribution in [2.45, 2.75) is 17.6 Å². The summed E-state index contributed by atoms with van der Waals surface area (Å²) in [5.41, 5.74) is 1.18. The average molecular weight is 439 g/mol. The number of nitrogens with zero attached hydrogens (tertiary/aromatic N) is 3. The molecule has 1 aliphatic rings. The molecule has 0 spiro atoms. The van der Waals surface area contributed by atoms with E-state index in [1.165, 1.54) is 34.6 Å². The van der Waals surface area contributed by atoms with Crippen LogP contribution in [0.1, 0.15) is 11.1 Å². The van der Waals surface area contributed by atoms with Crippen molar-refractivity contribution < 1.29 is 26.3 Å². The number of halogens is 3. The number of piperazine rings is 1. The summed E-state index contributed by atoms with van der Waals surface area (Å²) in [5, 5.41) is 8.84. The second-order valence-electron chi connectivity index (χ2n) is 6.87. The van der Waals surface area contributed by atoms with Crippen LogP contribution in [-0.2, 0) is 16.6 Å². The van der Waals surface area contributed by atoms with E-state index in [9.17, 15) is 21.6 Å². The van der Waals surface area contributed by atoms with Gasteiger partial charge in [0.2, 0.25) is 10.0 Å². The van der Waals surface area contributed by atoms with Gasteiger partial charge in [-0.05, 0) is 42.0 Å². The summed E-state index contributed by atoms with van der Waals surface area (Å²) in [7, 11) is -3.64. The van der Waals surface area contributed by atoms with Gasteiger partial charge in [-0.15, -0.1) is 0 Å². The number of rotatable bonds is 6. The van der Waals surface area contributed by atoms with Crippen molar-refractivity contribution in [2.24, 2.45) is 0 Å². The molecule has 1 fully saturated rings. The van der Waals surface area contributed by atoms with E-state index in [0.29, 0.717) is 38.3 Å². The zero-order valence-corrected chi connectivity index (χ0v) is 16.8. The summed E-state index contributed by atoms with van der Waals surface area (Å²) < 4.78 is 68.6. The molecule has 1 aliphatic heterocycles. The van der Waals surface area contributed by atoms with E-state index < -0.39 is 22.8 Å². The van der Waals surface area contributed by atoms with Gasteiger partial charge in [0.15, 0.2) is 6.61 Å². The predicted molar refractivity (Wildman–Crippen MR) is 103 cm³/mol. The minimum Gasteiger partial charge on any atom is -0.484 e. The number of benzene rings is 2. The second kappa shape index (κ2) is 9.04. The second-order valence-corrected chi connectivity index (χ2v) is 8.81. The summed E-state index contributed by atoms with van der Waals surface area (Å²) >= 11 is 0. The molecule has 0 radical (unpaired) electrons. The summed E-state index contributed by atoms with van der Waals surface area (Å²) in [5.74, 6) is 0.145. The minimum absolute atomic E-state index is 0.143. The number of alkyl halides is 3. The highest BCUT2D eigenvalue weighted by atomic mass is 32.2. The Labute approximate surface area is 173 Å². The van der Waals surface area contributed by atoms with Crippen molar-refractivity contribution in [3.05, 3.63) is 59.7 Å². The Kier molecular flexibility index (Phi) is 6.65. The molecule has 0 aromatic heterocycles. The van der Waals surface area contributed by atoms with Crippen LogP contribution >= 0.6 is 0 Å². The molecule has 160 valence electrons. The van der Waals surface area contributed by atoms with Crippen molar-refractivity contribution in [3.8, 4) is 11.8 Å².